The molecule has 0 spiro atoms. The second-order valence-electron chi connectivity index (χ2n) is 7.03. The minimum Gasteiger partial charge on any atom is -0.459 e. The van der Waals surface area contributed by atoms with Gasteiger partial charge in [0, 0.05) is 18.7 Å². The zero-order valence-corrected chi connectivity index (χ0v) is 18.7. The fourth-order valence-corrected chi connectivity index (χ4v) is 4.43. The molecule has 0 aliphatic carbocycles. The molecule has 0 atom stereocenters. The van der Waals surface area contributed by atoms with E-state index in [0.29, 0.717) is 34.4 Å². The summed E-state index contributed by atoms with van der Waals surface area (Å²) in [5.74, 6) is -0.473. The van der Waals surface area contributed by atoms with Crippen LogP contribution < -0.4 is 4.90 Å². The predicted molar refractivity (Wildman–Crippen MR) is 120 cm³/mol. The van der Waals surface area contributed by atoms with Crippen molar-refractivity contribution in [3.8, 4) is 0 Å². The molecule has 1 heterocycles. The maximum atomic E-state index is 12.4. The zero-order chi connectivity index (χ0) is 21.7. The minimum atomic E-state index is -0.283. The van der Waals surface area contributed by atoms with E-state index in [1.165, 1.54) is 23.2 Å². The lowest BCUT2D eigenvalue weighted by atomic mass is 10.1. The Kier molecular flexibility index (Phi) is 7.24. The third kappa shape index (κ3) is 5.46. The summed E-state index contributed by atoms with van der Waals surface area (Å²) >= 11 is 7.74. The van der Waals surface area contributed by atoms with Crippen molar-refractivity contribution in [3.05, 3.63) is 75.3 Å². The summed E-state index contributed by atoms with van der Waals surface area (Å²) in [5.41, 5.74) is 4.21. The van der Waals surface area contributed by atoms with Crippen molar-refractivity contribution >= 4 is 45.6 Å². The topological polar surface area (TPSA) is 59.5 Å². The van der Waals surface area contributed by atoms with Crippen molar-refractivity contribution in [2.45, 2.75) is 40.2 Å². The van der Waals surface area contributed by atoms with Crippen molar-refractivity contribution in [1.82, 2.24) is 4.98 Å². The lowest BCUT2D eigenvalue weighted by molar-refractivity contribution is -0.145. The molecule has 0 radical (unpaired) electrons. The number of amides is 1. The summed E-state index contributed by atoms with van der Waals surface area (Å²) in [7, 11) is 0. The van der Waals surface area contributed by atoms with Crippen molar-refractivity contribution in [2.24, 2.45) is 0 Å². The molecule has 0 N–H and O–H groups in total. The van der Waals surface area contributed by atoms with Gasteiger partial charge in [-0.05, 0) is 43.0 Å². The van der Waals surface area contributed by atoms with Crippen LogP contribution in [0.3, 0.4) is 0 Å². The van der Waals surface area contributed by atoms with Crippen molar-refractivity contribution in [3.63, 3.8) is 0 Å². The Bertz CT molecular complexity index is 1030. The van der Waals surface area contributed by atoms with Crippen molar-refractivity contribution < 1.29 is 14.3 Å². The highest BCUT2D eigenvalue weighted by molar-refractivity contribution is 7.14. The number of carbonyl (C=O) groups is 2. The Morgan fingerprint density at radius 1 is 1.17 bits per heavy atom. The lowest BCUT2D eigenvalue weighted by Gasteiger charge is -2.22. The Morgan fingerprint density at radius 3 is 2.57 bits per heavy atom. The molecular formula is C23H23ClN2O3S. The van der Waals surface area contributed by atoms with Crippen LogP contribution in [-0.2, 0) is 27.4 Å². The van der Waals surface area contributed by atoms with E-state index in [9.17, 15) is 9.59 Å². The van der Waals surface area contributed by atoms with E-state index in [2.05, 4.69) is 4.98 Å². The molecule has 2 aromatic carbocycles. The molecule has 0 aliphatic heterocycles. The first-order valence-electron chi connectivity index (χ1n) is 9.56. The van der Waals surface area contributed by atoms with Crippen molar-refractivity contribution in [1.29, 1.82) is 0 Å². The second kappa shape index (κ2) is 9.87. The molecule has 3 rings (SSSR count). The van der Waals surface area contributed by atoms with Gasteiger partial charge in [-0.25, -0.2) is 4.98 Å². The van der Waals surface area contributed by atoms with Gasteiger partial charge in [-0.2, -0.15) is 0 Å². The number of halogens is 1. The first-order chi connectivity index (χ1) is 14.3. The zero-order valence-electron chi connectivity index (χ0n) is 17.1. The third-order valence-electron chi connectivity index (χ3n) is 4.51. The molecule has 1 amide bonds. The maximum Gasteiger partial charge on any atom is 0.306 e. The van der Waals surface area contributed by atoms with Crippen LogP contribution in [0.5, 0.6) is 0 Å². The summed E-state index contributed by atoms with van der Waals surface area (Å²) < 4.78 is 5.35. The molecule has 1 aromatic heterocycles. The number of ether oxygens (including phenoxy) is 1. The molecule has 0 aliphatic rings. The van der Waals surface area contributed by atoms with Crippen LogP contribution in [0, 0.1) is 13.8 Å². The van der Waals surface area contributed by atoms with E-state index < -0.39 is 0 Å². The first-order valence-corrected chi connectivity index (χ1v) is 10.8. The van der Waals surface area contributed by atoms with Gasteiger partial charge in [0.25, 0.3) is 0 Å². The Labute approximate surface area is 185 Å². The summed E-state index contributed by atoms with van der Waals surface area (Å²) in [5, 5.41) is 2.77. The van der Waals surface area contributed by atoms with Crippen LogP contribution in [0.15, 0.2) is 47.8 Å². The number of aryl methyl sites for hydroxylation is 3. The predicted octanol–water partition coefficient (Wildman–Crippen LogP) is 5.77. The Balaban J connectivity index is 1.67. The van der Waals surface area contributed by atoms with Gasteiger partial charge in [0.1, 0.15) is 6.61 Å². The smallest absolute Gasteiger partial charge is 0.306 e. The SMILES string of the molecule is CC(=O)N(c1nc(COC(=O)CCc2ccccc2)cs1)c1c(C)cc(C)cc1Cl. The van der Waals surface area contributed by atoms with E-state index in [4.69, 9.17) is 16.3 Å². The van der Waals surface area contributed by atoms with E-state index >= 15 is 0 Å². The van der Waals surface area contributed by atoms with Crippen LogP contribution in [-0.4, -0.2) is 16.9 Å². The molecule has 0 saturated carbocycles. The van der Waals surface area contributed by atoms with Crippen LogP contribution in [0.1, 0.15) is 35.7 Å². The number of nitrogens with zero attached hydrogens (tertiary/aromatic N) is 2. The van der Waals surface area contributed by atoms with Gasteiger partial charge in [-0.15, -0.1) is 11.3 Å². The number of rotatable bonds is 7. The number of esters is 1. The largest absolute Gasteiger partial charge is 0.459 e. The molecule has 30 heavy (non-hydrogen) atoms. The monoisotopic (exact) mass is 442 g/mol. The summed E-state index contributed by atoms with van der Waals surface area (Å²) in [6, 6.07) is 13.6. The normalized spacial score (nSPS) is 10.7. The summed E-state index contributed by atoms with van der Waals surface area (Å²) in [6.07, 6.45) is 0.935. The molecular weight excluding hydrogens is 420 g/mol. The fraction of sp³-hybridized carbons (Fsp3) is 0.261. The molecule has 156 valence electrons. The van der Waals surface area contributed by atoms with Gasteiger partial charge in [0.2, 0.25) is 5.91 Å². The van der Waals surface area contributed by atoms with E-state index in [1.54, 1.807) is 5.38 Å². The Hall–Kier alpha value is -2.70. The molecule has 0 saturated heterocycles. The molecule has 7 heteroatoms. The van der Waals surface area contributed by atoms with Crippen LogP contribution >= 0.6 is 22.9 Å². The molecule has 0 unspecified atom stereocenters. The van der Waals surface area contributed by atoms with Gasteiger partial charge in [0.05, 0.1) is 16.4 Å². The number of carbonyl (C=O) groups excluding carboxylic acids is 2. The standard InChI is InChI=1S/C23H23ClN2O3S/c1-15-11-16(2)22(20(24)12-15)26(17(3)27)23-25-19(14-30-23)13-29-21(28)10-9-18-7-5-4-6-8-18/h4-8,11-12,14H,9-10,13H2,1-3H3. The van der Waals surface area contributed by atoms with Gasteiger partial charge < -0.3 is 4.74 Å². The number of hydrogen-bond donors (Lipinski definition) is 0. The fourth-order valence-electron chi connectivity index (χ4n) is 3.16. The number of benzene rings is 2. The van der Waals surface area contributed by atoms with Crippen LogP contribution in [0.2, 0.25) is 5.02 Å². The van der Waals surface area contributed by atoms with Gasteiger partial charge in [-0.1, -0.05) is 48.0 Å². The van der Waals surface area contributed by atoms with Gasteiger partial charge >= 0.3 is 5.97 Å². The average molecular weight is 443 g/mol. The highest BCUT2D eigenvalue weighted by Crippen LogP contribution is 2.37. The molecule has 3 aromatic rings. The quantitative estimate of drug-likeness (QED) is 0.435. The minimum absolute atomic E-state index is 0.0660. The average Bonchev–Trinajstić information content (AvgIpc) is 3.16. The van der Waals surface area contributed by atoms with E-state index in [1.807, 2.05) is 56.3 Å². The number of anilines is 2. The van der Waals surface area contributed by atoms with Crippen LogP contribution in [0.25, 0.3) is 0 Å². The number of aromatic nitrogens is 1. The van der Waals surface area contributed by atoms with Gasteiger partial charge in [0.15, 0.2) is 5.13 Å². The highest BCUT2D eigenvalue weighted by Gasteiger charge is 2.23. The first kappa shape index (κ1) is 22.0. The van der Waals surface area contributed by atoms with E-state index in [0.717, 1.165) is 16.7 Å². The highest BCUT2D eigenvalue weighted by atomic mass is 35.5. The lowest BCUT2D eigenvalue weighted by Crippen LogP contribution is -2.24. The molecule has 0 bridgehead atoms. The molecule has 5 nitrogen and oxygen atoms in total. The van der Waals surface area contributed by atoms with Gasteiger partial charge in [-0.3, -0.25) is 14.5 Å². The van der Waals surface area contributed by atoms with Crippen LogP contribution in [0.4, 0.5) is 10.8 Å². The number of thiazole rings is 1. The Morgan fingerprint density at radius 2 is 1.90 bits per heavy atom. The maximum absolute atomic E-state index is 12.4. The molecule has 0 fully saturated rings. The van der Waals surface area contributed by atoms with Crippen molar-refractivity contribution in [2.75, 3.05) is 4.90 Å². The second-order valence-corrected chi connectivity index (χ2v) is 8.28. The summed E-state index contributed by atoms with van der Waals surface area (Å²) in [4.78, 5) is 30.4. The number of hydrogen-bond acceptors (Lipinski definition) is 5. The third-order valence-corrected chi connectivity index (χ3v) is 5.67. The van der Waals surface area contributed by atoms with E-state index in [-0.39, 0.29) is 18.5 Å². The summed E-state index contributed by atoms with van der Waals surface area (Å²) in [6.45, 7) is 5.40.